The van der Waals surface area contributed by atoms with Crippen LogP contribution in [0.25, 0.3) is 32.1 Å². The topological polar surface area (TPSA) is 108 Å². The lowest BCUT2D eigenvalue weighted by molar-refractivity contribution is -0.131. The monoisotopic (exact) mass is 570 g/mol. The van der Waals surface area contributed by atoms with Crippen LogP contribution in [0.5, 0.6) is 0 Å². The summed E-state index contributed by atoms with van der Waals surface area (Å²) in [5, 5.41) is 14.4. The number of fused-ring (bicyclic) bond motifs is 2. The van der Waals surface area contributed by atoms with Crippen molar-refractivity contribution in [3.63, 3.8) is 0 Å². The highest BCUT2D eigenvalue weighted by Crippen LogP contribution is 2.46. The van der Waals surface area contributed by atoms with E-state index < -0.39 is 35.3 Å². The van der Waals surface area contributed by atoms with Crippen LogP contribution in [0, 0.1) is 23.0 Å². The summed E-state index contributed by atoms with van der Waals surface area (Å²) in [4.78, 5) is 28.8. The first-order valence-electron chi connectivity index (χ1n) is 11.9. The molecule has 1 saturated heterocycles. The predicted molar refractivity (Wildman–Crippen MR) is 141 cm³/mol. The second-order valence-corrected chi connectivity index (χ2v) is 10.8. The zero-order valence-electron chi connectivity index (χ0n) is 20.1. The van der Waals surface area contributed by atoms with E-state index in [4.69, 9.17) is 17.3 Å². The van der Waals surface area contributed by atoms with Crippen molar-refractivity contribution in [3.05, 3.63) is 58.5 Å². The van der Waals surface area contributed by atoms with Crippen LogP contribution in [0.4, 0.5) is 18.2 Å². The van der Waals surface area contributed by atoms with Gasteiger partial charge < -0.3 is 15.5 Å². The van der Waals surface area contributed by atoms with Gasteiger partial charge in [0.05, 0.1) is 32.8 Å². The lowest BCUT2D eigenvalue weighted by Gasteiger charge is -2.42. The van der Waals surface area contributed by atoms with Gasteiger partial charge in [-0.15, -0.1) is 11.3 Å². The molecule has 2 amide bonds. The van der Waals surface area contributed by atoms with Gasteiger partial charge in [0.2, 0.25) is 0 Å². The zero-order chi connectivity index (χ0) is 27.7. The number of nitrogens with zero attached hydrogens (tertiary/aromatic N) is 5. The number of anilines is 1. The van der Waals surface area contributed by atoms with E-state index in [1.54, 1.807) is 4.90 Å². The molecule has 1 fully saturated rings. The van der Waals surface area contributed by atoms with Crippen LogP contribution in [-0.2, 0) is 11.3 Å². The van der Waals surface area contributed by atoms with Crippen LogP contribution in [0.15, 0.2) is 30.6 Å². The number of aryl methyl sites for hydroxylation is 1. The molecule has 8 nitrogen and oxygen atoms in total. The minimum absolute atomic E-state index is 0.0213. The molecule has 0 aliphatic carbocycles. The summed E-state index contributed by atoms with van der Waals surface area (Å²) >= 11 is 7.45. The Kier molecular flexibility index (Phi) is 5.82. The van der Waals surface area contributed by atoms with E-state index in [1.165, 1.54) is 15.6 Å². The molecule has 0 radical (unpaired) electrons. The molecule has 2 aromatic carbocycles. The molecule has 0 saturated carbocycles. The highest BCUT2D eigenvalue weighted by Gasteiger charge is 2.37. The normalized spacial score (nSPS) is 17.2. The van der Waals surface area contributed by atoms with E-state index in [0.29, 0.717) is 11.9 Å². The first-order valence-corrected chi connectivity index (χ1v) is 13.1. The highest BCUT2D eigenvalue weighted by atomic mass is 35.5. The third-order valence-corrected chi connectivity index (χ3v) is 8.58. The molecule has 2 N–H and O–H groups in total. The molecular weight excluding hydrogens is 553 g/mol. The summed E-state index contributed by atoms with van der Waals surface area (Å²) in [6.45, 7) is 3.63. The Balaban J connectivity index is 1.55. The molecule has 1 atom stereocenters. The minimum atomic E-state index is -1.08. The predicted octanol–water partition coefficient (Wildman–Crippen LogP) is 4.84. The van der Waals surface area contributed by atoms with E-state index in [-0.39, 0.29) is 74.1 Å². The van der Waals surface area contributed by atoms with Crippen molar-refractivity contribution in [3.8, 4) is 17.2 Å². The van der Waals surface area contributed by atoms with E-state index in [9.17, 15) is 23.6 Å². The van der Waals surface area contributed by atoms with Gasteiger partial charge in [0.1, 0.15) is 22.7 Å². The smallest absolute Gasteiger partial charge is 0.282 e. The fraction of sp³-hybridized carbons (Fsp3) is 0.231. The van der Waals surface area contributed by atoms with Gasteiger partial charge >= 0.3 is 0 Å². The van der Waals surface area contributed by atoms with Gasteiger partial charge in [0.15, 0.2) is 11.0 Å². The van der Waals surface area contributed by atoms with E-state index in [0.717, 1.165) is 23.5 Å². The van der Waals surface area contributed by atoms with Crippen LogP contribution in [0.3, 0.4) is 0 Å². The summed E-state index contributed by atoms with van der Waals surface area (Å²) in [5.41, 5.74) is 6.50. The van der Waals surface area contributed by atoms with Crippen molar-refractivity contribution in [2.45, 2.75) is 19.0 Å². The molecule has 0 spiro atoms. The number of halogens is 4. The fourth-order valence-electron chi connectivity index (χ4n) is 5.56. The van der Waals surface area contributed by atoms with Gasteiger partial charge in [-0.3, -0.25) is 14.3 Å². The summed E-state index contributed by atoms with van der Waals surface area (Å²) in [5.74, 6) is -3.81. The molecule has 2 aliphatic heterocycles. The van der Waals surface area contributed by atoms with Crippen LogP contribution >= 0.6 is 22.9 Å². The Labute approximate surface area is 228 Å². The summed E-state index contributed by atoms with van der Waals surface area (Å²) in [7, 11) is 0. The number of benzene rings is 2. The quantitative estimate of drug-likeness (QED) is 0.347. The number of nitrogens with two attached hydrogens (primary N) is 1. The van der Waals surface area contributed by atoms with Gasteiger partial charge in [-0.25, -0.2) is 13.2 Å². The van der Waals surface area contributed by atoms with Gasteiger partial charge in [0.25, 0.3) is 11.8 Å². The molecular formula is C26H18ClF3N6O2S. The van der Waals surface area contributed by atoms with E-state index in [1.807, 2.05) is 6.07 Å². The van der Waals surface area contributed by atoms with Crippen molar-refractivity contribution in [1.82, 2.24) is 19.6 Å². The van der Waals surface area contributed by atoms with Crippen molar-refractivity contribution in [1.29, 1.82) is 5.26 Å². The number of carbonyl (C=O) groups excluding carboxylic acids is 2. The Hall–Kier alpha value is -4.08. The van der Waals surface area contributed by atoms with Crippen molar-refractivity contribution >= 4 is 60.7 Å². The maximum absolute atomic E-state index is 16.1. The van der Waals surface area contributed by atoms with Crippen LogP contribution < -0.4 is 5.73 Å². The SMILES string of the molecule is C=C(F)C(=O)N1CCN2C(=O)c3cc(F)c(-c4ccc(F)c5sc(N)c(C#N)c45)c4c(Cl)nn(c34)CC[C@@H]2C1. The number of hydrogen-bond donors (Lipinski definition) is 1. The minimum Gasteiger partial charge on any atom is -0.389 e. The van der Waals surface area contributed by atoms with E-state index >= 15 is 4.39 Å². The molecule has 198 valence electrons. The number of rotatable bonds is 2. The zero-order valence-corrected chi connectivity index (χ0v) is 21.7. The van der Waals surface area contributed by atoms with Crippen molar-refractivity contribution < 1.29 is 22.8 Å². The standard InChI is InChI=1S/C26H18ClF3N6O2S/c1-11(28)25(37)34-6-7-35-12(10-34)4-5-36-21-14(26(35)38)8-17(30)19(20(21)23(27)33-36)13-2-3-16(29)22-18(13)15(9-31)24(32)39-22/h2-3,8,12H,1,4-7,10,32H2/t12-/m1/s1. The summed E-state index contributed by atoms with van der Waals surface area (Å²) in [6, 6.07) is 5.12. The maximum atomic E-state index is 16.1. The number of amides is 2. The first kappa shape index (κ1) is 25.2. The Bertz CT molecular complexity index is 1810. The molecule has 4 aromatic rings. The maximum Gasteiger partial charge on any atom is 0.282 e. The molecule has 13 heteroatoms. The van der Waals surface area contributed by atoms with Gasteiger partial charge in [0, 0.05) is 37.1 Å². The number of hydrogen-bond acceptors (Lipinski definition) is 6. The van der Waals surface area contributed by atoms with Crippen LogP contribution in [-0.4, -0.2) is 57.1 Å². The highest BCUT2D eigenvalue weighted by molar-refractivity contribution is 7.23. The average Bonchev–Trinajstić information content (AvgIpc) is 3.42. The molecule has 0 bridgehead atoms. The van der Waals surface area contributed by atoms with Gasteiger partial charge in [-0.2, -0.15) is 10.4 Å². The molecule has 4 heterocycles. The Morgan fingerprint density at radius 1 is 1.21 bits per heavy atom. The van der Waals surface area contributed by atoms with E-state index in [2.05, 4.69) is 11.7 Å². The Morgan fingerprint density at radius 2 is 1.97 bits per heavy atom. The third kappa shape index (κ3) is 3.68. The molecule has 39 heavy (non-hydrogen) atoms. The number of nitriles is 1. The number of piperazine rings is 1. The van der Waals surface area contributed by atoms with Crippen LogP contribution in [0.2, 0.25) is 5.15 Å². The average molecular weight is 571 g/mol. The lowest BCUT2D eigenvalue weighted by atomic mass is 9.93. The lowest BCUT2D eigenvalue weighted by Crippen LogP contribution is -2.57. The summed E-state index contributed by atoms with van der Waals surface area (Å²) < 4.78 is 45.8. The number of thiophene rings is 1. The van der Waals surface area contributed by atoms with Crippen LogP contribution in [0.1, 0.15) is 22.3 Å². The first-order chi connectivity index (χ1) is 18.6. The van der Waals surface area contributed by atoms with Gasteiger partial charge in [-0.1, -0.05) is 24.2 Å². The molecule has 2 aromatic heterocycles. The molecule has 6 rings (SSSR count). The second-order valence-electron chi connectivity index (χ2n) is 9.37. The number of aromatic nitrogens is 2. The summed E-state index contributed by atoms with van der Waals surface area (Å²) in [6.07, 6.45) is 0.369. The Morgan fingerprint density at radius 3 is 2.69 bits per heavy atom. The number of carbonyl (C=O) groups is 2. The van der Waals surface area contributed by atoms with Crippen molar-refractivity contribution in [2.75, 3.05) is 25.4 Å². The molecule has 2 aliphatic rings. The van der Waals surface area contributed by atoms with Gasteiger partial charge in [-0.05, 0) is 24.1 Å². The largest absolute Gasteiger partial charge is 0.389 e. The second kappa shape index (κ2) is 9.00. The number of nitrogen functional groups attached to an aromatic ring is 1. The third-order valence-electron chi connectivity index (χ3n) is 7.29. The fourth-order valence-corrected chi connectivity index (χ4v) is 6.79. The molecule has 0 unspecified atom stereocenters. The van der Waals surface area contributed by atoms with Crippen molar-refractivity contribution in [2.24, 2.45) is 0 Å².